The third-order valence-electron chi connectivity index (χ3n) is 0.947. The molecule has 0 saturated carbocycles. The number of amidine groups is 1. The highest BCUT2D eigenvalue weighted by molar-refractivity contribution is 5.90. The minimum absolute atomic E-state index is 0.311. The second-order valence-corrected chi connectivity index (χ2v) is 2.07. The summed E-state index contributed by atoms with van der Waals surface area (Å²) in [6, 6.07) is 0. The van der Waals surface area contributed by atoms with E-state index >= 15 is 0 Å². The zero-order valence-corrected chi connectivity index (χ0v) is 5.46. The molecule has 1 aliphatic rings. The van der Waals surface area contributed by atoms with Gasteiger partial charge in [-0.25, -0.2) is 0 Å². The molecule has 0 amide bonds. The van der Waals surface area contributed by atoms with Crippen LogP contribution in [0.25, 0.3) is 0 Å². The van der Waals surface area contributed by atoms with Crippen molar-refractivity contribution in [3.63, 3.8) is 0 Å². The summed E-state index contributed by atoms with van der Waals surface area (Å²) >= 11 is 0. The Kier molecular flexibility index (Phi) is 1.66. The molecule has 0 radical (unpaired) electrons. The van der Waals surface area contributed by atoms with E-state index in [1.165, 1.54) is 6.26 Å². The van der Waals surface area contributed by atoms with Crippen LogP contribution in [0.2, 0.25) is 0 Å². The van der Waals surface area contributed by atoms with E-state index in [1.807, 2.05) is 13.8 Å². The fourth-order valence-electron chi connectivity index (χ4n) is 0.451. The van der Waals surface area contributed by atoms with Gasteiger partial charge in [0.15, 0.2) is 12.1 Å². The summed E-state index contributed by atoms with van der Waals surface area (Å²) in [5.41, 5.74) is 0. The lowest BCUT2D eigenvalue weighted by Crippen LogP contribution is -2.05. The Morgan fingerprint density at radius 3 is 2.78 bits per heavy atom. The van der Waals surface area contributed by atoms with Gasteiger partial charge in [0.05, 0.1) is 0 Å². The summed E-state index contributed by atoms with van der Waals surface area (Å²) in [5, 5.41) is 3.66. The van der Waals surface area contributed by atoms with Gasteiger partial charge >= 0.3 is 0 Å². The van der Waals surface area contributed by atoms with E-state index in [1.54, 1.807) is 0 Å². The van der Waals surface area contributed by atoms with Crippen molar-refractivity contribution < 1.29 is 4.84 Å². The van der Waals surface area contributed by atoms with E-state index in [-0.39, 0.29) is 0 Å². The van der Waals surface area contributed by atoms with Crippen molar-refractivity contribution in [3.8, 4) is 0 Å². The summed E-state index contributed by atoms with van der Waals surface area (Å²) in [7, 11) is 0. The Bertz CT molecular complexity index is 187. The molecule has 1 rings (SSSR count). The maximum atomic E-state index is 4.60. The van der Waals surface area contributed by atoms with Gasteiger partial charge in [0, 0.05) is 11.8 Å². The molecule has 0 aromatic rings. The first-order valence-corrected chi connectivity index (χ1v) is 2.82. The van der Waals surface area contributed by atoms with Crippen molar-refractivity contribution in [2.75, 3.05) is 0 Å². The minimum atomic E-state index is 0.311. The van der Waals surface area contributed by atoms with Gasteiger partial charge in [-0.05, 0) is 0 Å². The maximum Gasteiger partial charge on any atom is 0.183 e. The van der Waals surface area contributed by atoms with E-state index in [0.29, 0.717) is 11.8 Å². The minimum Gasteiger partial charge on any atom is -0.353 e. The molecule has 0 fully saturated rings. The van der Waals surface area contributed by atoms with Gasteiger partial charge in [-0.3, -0.25) is 0 Å². The van der Waals surface area contributed by atoms with Crippen molar-refractivity contribution in [1.29, 1.82) is 0 Å². The normalized spacial score (nSPS) is 15.7. The fraction of sp³-hybridized carbons (Fsp3) is 0.500. The first-order valence-electron chi connectivity index (χ1n) is 2.82. The van der Waals surface area contributed by atoms with Crippen LogP contribution in [0.5, 0.6) is 0 Å². The third-order valence-corrected chi connectivity index (χ3v) is 0.947. The molecular weight excluding hydrogens is 116 g/mol. The Labute approximate surface area is 53.7 Å². The SMILES string of the molecule is CC(C)C1=NOC=C=N1. The predicted molar refractivity (Wildman–Crippen MR) is 35.4 cm³/mol. The number of hydrogen-bond donors (Lipinski definition) is 0. The van der Waals surface area contributed by atoms with E-state index in [2.05, 4.69) is 20.9 Å². The Morgan fingerprint density at radius 2 is 2.44 bits per heavy atom. The third kappa shape index (κ3) is 1.40. The first kappa shape index (κ1) is 6.05. The second-order valence-electron chi connectivity index (χ2n) is 2.07. The highest BCUT2D eigenvalue weighted by atomic mass is 16.6. The largest absolute Gasteiger partial charge is 0.353 e. The maximum absolute atomic E-state index is 4.60. The number of oxime groups is 1. The van der Waals surface area contributed by atoms with Crippen molar-refractivity contribution in [2.24, 2.45) is 16.1 Å². The summed E-state index contributed by atoms with van der Waals surface area (Å²) in [6.45, 7) is 4.00. The number of nitrogens with zero attached hydrogens (tertiary/aromatic N) is 2. The average Bonchev–Trinajstić information content (AvgIpc) is 1.90. The second kappa shape index (κ2) is 2.46. The van der Waals surface area contributed by atoms with Crippen LogP contribution in [0.15, 0.2) is 16.4 Å². The zero-order valence-electron chi connectivity index (χ0n) is 5.46. The molecule has 0 atom stereocenters. The molecule has 9 heavy (non-hydrogen) atoms. The molecule has 3 nitrogen and oxygen atoms in total. The fourth-order valence-corrected chi connectivity index (χ4v) is 0.451. The molecule has 0 aliphatic carbocycles. The highest BCUT2D eigenvalue weighted by Crippen LogP contribution is 2.00. The van der Waals surface area contributed by atoms with Gasteiger partial charge in [0.1, 0.15) is 0 Å². The first-order chi connectivity index (χ1) is 4.30. The van der Waals surface area contributed by atoms with Crippen molar-refractivity contribution in [1.82, 2.24) is 0 Å². The highest BCUT2D eigenvalue weighted by Gasteiger charge is 2.03. The van der Waals surface area contributed by atoms with E-state index < -0.39 is 0 Å². The molecule has 0 N–H and O–H groups in total. The predicted octanol–water partition coefficient (Wildman–Crippen LogP) is 1.17. The number of aliphatic imine (C=N–C) groups is 1. The van der Waals surface area contributed by atoms with Crippen LogP contribution < -0.4 is 0 Å². The number of rotatable bonds is 1. The van der Waals surface area contributed by atoms with Crippen LogP contribution in [0.1, 0.15) is 13.8 Å². The van der Waals surface area contributed by atoms with Crippen LogP contribution in [0, 0.1) is 5.92 Å². The Balaban J connectivity index is 2.72. The van der Waals surface area contributed by atoms with Gasteiger partial charge in [-0.2, -0.15) is 4.99 Å². The lowest BCUT2D eigenvalue weighted by Gasteiger charge is -2.01. The topological polar surface area (TPSA) is 34.0 Å². The molecular formula is C6H8N2O. The molecule has 0 saturated heterocycles. The lowest BCUT2D eigenvalue weighted by molar-refractivity contribution is 0.267. The Morgan fingerprint density at radius 1 is 1.67 bits per heavy atom. The molecule has 48 valence electrons. The van der Waals surface area contributed by atoms with Crippen LogP contribution in [-0.4, -0.2) is 11.7 Å². The molecule has 0 aromatic carbocycles. The summed E-state index contributed by atoms with van der Waals surface area (Å²) in [6.07, 6.45) is 1.33. The molecule has 0 aromatic heterocycles. The van der Waals surface area contributed by atoms with E-state index in [4.69, 9.17) is 0 Å². The summed E-state index contributed by atoms with van der Waals surface area (Å²) < 4.78 is 0. The van der Waals surface area contributed by atoms with Gasteiger partial charge in [0.25, 0.3) is 0 Å². The van der Waals surface area contributed by atoms with Gasteiger partial charge in [0.2, 0.25) is 0 Å². The molecule has 0 bridgehead atoms. The van der Waals surface area contributed by atoms with E-state index in [9.17, 15) is 0 Å². The monoisotopic (exact) mass is 124 g/mol. The van der Waals surface area contributed by atoms with Crippen molar-refractivity contribution in [2.45, 2.75) is 13.8 Å². The van der Waals surface area contributed by atoms with Crippen LogP contribution in [-0.2, 0) is 4.84 Å². The molecule has 1 heterocycles. The standard InChI is InChI=1S/C6H8N2O/c1-5(2)6-7-3-4-9-8-6/h4-5H,1-2H3. The molecule has 3 heteroatoms. The average molecular weight is 124 g/mol. The smallest absolute Gasteiger partial charge is 0.183 e. The van der Waals surface area contributed by atoms with Crippen LogP contribution in [0.4, 0.5) is 0 Å². The van der Waals surface area contributed by atoms with Gasteiger partial charge in [-0.15, -0.1) is 0 Å². The zero-order chi connectivity index (χ0) is 6.69. The quantitative estimate of drug-likeness (QED) is 0.516. The summed E-state index contributed by atoms with van der Waals surface area (Å²) in [4.78, 5) is 8.45. The van der Waals surface area contributed by atoms with Crippen molar-refractivity contribution in [3.05, 3.63) is 6.26 Å². The molecule has 1 aliphatic heterocycles. The van der Waals surface area contributed by atoms with Crippen molar-refractivity contribution >= 4 is 11.7 Å². The Hall–Kier alpha value is -1.08. The van der Waals surface area contributed by atoms with Gasteiger partial charge < -0.3 is 4.84 Å². The van der Waals surface area contributed by atoms with Gasteiger partial charge in [-0.1, -0.05) is 19.0 Å². The summed E-state index contributed by atoms with van der Waals surface area (Å²) in [5.74, 6) is 3.57. The van der Waals surface area contributed by atoms with E-state index in [0.717, 1.165) is 0 Å². The lowest BCUT2D eigenvalue weighted by atomic mass is 10.2. The molecule has 0 unspecified atom stereocenters. The molecule has 0 spiro atoms. The van der Waals surface area contributed by atoms with Crippen LogP contribution in [0.3, 0.4) is 0 Å². The van der Waals surface area contributed by atoms with Crippen LogP contribution >= 0.6 is 0 Å². The number of hydrogen-bond acceptors (Lipinski definition) is 3.